The number of amides is 1. The van der Waals surface area contributed by atoms with E-state index in [1.165, 1.54) is 6.42 Å². The van der Waals surface area contributed by atoms with Crippen molar-refractivity contribution < 1.29 is 14.6 Å². The summed E-state index contributed by atoms with van der Waals surface area (Å²) in [5.41, 5.74) is 2.79. The number of carbonyl (C=O) groups is 1. The fraction of sp³-hybridized carbons (Fsp3) is 0.472. The van der Waals surface area contributed by atoms with Crippen molar-refractivity contribution in [2.45, 2.75) is 43.8 Å². The molecule has 0 saturated carbocycles. The number of aromatic nitrogens is 2. The van der Waals surface area contributed by atoms with Crippen LogP contribution in [0.3, 0.4) is 0 Å². The first-order valence-corrected chi connectivity index (χ1v) is 16.9. The standard InChI is InChI=1S/C36H43N7O3/c1-40-14-4-6-28(40)23-46-36-38-33-18-25(32-19-29(44)17-24-5-2-3-7-30(24)32)8-11-31(33)35(39-36)43-26-9-10-27(43)21-41(20-26)22-34(45)42-15-12-37-13-16-42/h2-3,5,7-8,11,17-19,26-28,37,44H,4,6,9-10,12-16,20-23H2,1H3/t26?,27?,28-/m0/s1. The Morgan fingerprint density at radius 1 is 0.957 bits per heavy atom. The second kappa shape index (κ2) is 12.3. The first-order valence-electron chi connectivity index (χ1n) is 16.9. The highest BCUT2D eigenvalue weighted by Crippen LogP contribution is 2.40. The fourth-order valence-electron chi connectivity index (χ4n) is 8.09. The van der Waals surface area contributed by atoms with Crippen LogP contribution in [0.4, 0.5) is 5.82 Å². The zero-order valence-corrected chi connectivity index (χ0v) is 26.6. The van der Waals surface area contributed by atoms with E-state index in [9.17, 15) is 9.90 Å². The van der Waals surface area contributed by atoms with E-state index in [1.54, 1.807) is 6.07 Å². The van der Waals surface area contributed by atoms with Crippen molar-refractivity contribution in [3.05, 3.63) is 54.6 Å². The van der Waals surface area contributed by atoms with Crippen LogP contribution >= 0.6 is 0 Å². The molecule has 2 unspecified atom stereocenters. The third-order valence-corrected chi connectivity index (χ3v) is 10.5. The molecule has 3 aromatic carbocycles. The summed E-state index contributed by atoms with van der Waals surface area (Å²) in [7, 11) is 2.16. The molecule has 3 atom stereocenters. The summed E-state index contributed by atoms with van der Waals surface area (Å²) < 4.78 is 6.37. The van der Waals surface area contributed by atoms with Gasteiger partial charge in [-0.3, -0.25) is 9.69 Å². The lowest BCUT2D eigenvalue weighted by Gasteiger charge is -2.42. The second-order valence-corrected chi connectivity index (χ2v) is 13.5. The number of aromatic hydroxyl groups is 1. The number of nitrogens with one attached hydrogen (secondary N) is 1. The molecular weight excluding hydrogens is 578 g/mol. The number of fused-ring (bicyclic) bond motifs is 4. The number of rotatable bonds is 7. The van der Waals surface area contributed by atoms with Gasteiger partial charge in [-0.1, -0.05) is 30.3 Å². The summed E-state index contributed by atoms with van der Waals surface area (Å²) in [5, 5.41) is 17.0. The molecule has 4 aliphatic heterocycles. The summed E-state index contributed by atoms with van der Waals surface area (Å²) in [6.07, 6.45) is 4.45. The number of phenols is 1. The highest BCUT2D eigenvalue weighted by molar-refractivity contribution is 6.01. The molecule has 4 aromatic rings. The number of piperazine rings is 2. The Labute approximate surface area is 269 Å². The van der Waals surface area contributed by atoms with Gasteiger partial charge < -0.3 is 29.9 Å². The maximum absolute atomic E-state index is 13.1. The number of phenolic OH excluding ortho intramolecular Hbond substituents is 1. The highest BCUT2D eigenvalue weighted by Gasteiger charge is 2.42. The van der Waals surface area contributed by atoms with E-state index in [-0.39, 0.29) is 23.7 Å². The average Bonchev–Trinajstić information content (AvgIpc) is 3.61. The molecule has 240 valence electrons. The number of benzene rings is 3. The van der Waals surface area contributed by atoms with Crippen LogP contribution in [0.25, 0.3) is 32.8 Å². The number of likely N-dealkylation sites (tertiary alicyclic amines) is 2. The van der Waals surface area contributed by atoms with Crippen molar-refractivity contribution in [3.63, 3.8) is 0 Å². The van der Waals surface area contributed by atoms with Gasteiger partial charge in [-0.2, -0.15) is 9.97 Å². The van der Waals surface area contributed by atoms with Gasteiger partial charge in [0.05, 0.1) is 12.1 Å². The summed E-state index contributed by atoms with van der Waals surface area (Å²) >= 11 is 0. The van der Waals surface area contributed by atoms with E-state index in [2.05, 4.69) is 51.3 Å². The Morgan fingerprint density at radius 3 is 2.54 bits per heavy atom. The van der Waals surface area contributed by atoms with Crippen molar-refractivity contribution in [1.82, 2.24) is 30.0 Å². The maximum Gasteiger partial charge on any atom is 0.319 e. The molecule has 0 spiro atoms. The third-order valence-electron chi connectivity index (χ3n) is 10.5. The van der Waals surface area contributed by atoms with E-state index in [4.69, 9.17) is 14.7 Å². The maximum atomic E-state index is 13.1. The molecule has 10 heteroatoms. The number of hydrogen-bond donors (Lipinski definition) is 2. The minimum absolute atomic E-state index is 0.237. The minimum Gasteiger partial charge on any atom is -0.508 e. The Morgan fingerprint density at radius 2 is 1.76 bits per heavy atom. The monoisotopic (exact) mass is 621 g/mol. The molecule has 0 aliphatic carbocycles. The number of anilines is 1. The Bertz CT molecular complexity index is 1740. The summed E-state index contributed by atoms with van der Waals surface area (Å²) in [6.45, 7) is 7.14. The number of likely N-dealkylation sites (N-methyl/N-ethyl adjacent to an activating group) is 1. The van der Waals surface area contributed by atoms with Crippen LogP contribution in [0.2, 0.25) is 0 Å². The predicted octanol–water partition coefficient (Wildman–Crippen LogP) is 3.71. The lowest BCUT2D eigenvalue weighted by molar-refractivity contribution is -0.133. The molecule has 4 fully saturated rings. The van der Waals surface area contributed by atoms with Gasteiger partial charge in [0.25, 0.3) is 0 Å². The normalized spacial score (nSPS) is 23.9. The van der Waals surface area contributed by atoms with Gasteiger partial charge in [-0.05, 0) is 85.4 Å². The van der Waals surface area contributed by atoms with E-state index >= 15 is 0 Å². The topological polar surface area (TPSA) is 97.3 Å². The van der Waals surface area contributed by atoms with Crippen LogP contribution in [0.1, 0.15) is 25.7 Å². The number of nitrogens with zero attached hydrogens (tertiary/aromatic N) is 6. The lowest BCUT2D eigenvalue weighted by atomic mass is 9.97. The molecule has 2 N–H and O–H groups in total. The van der Waals surface area contributed by atoms with E-state index in [0.29, 0.717) is 25.2 Å². The van der Waals surface area contributed by atoms with Crippen LogP contribution in [0.5, 0.6) is 11.8 Å². The Kier molecular flexibility index (Phi) is 7.88. The van der Waals surface area contributed by atoms with Crippen LogP contribution in [0, 0.1) is 0 Å². The van der Waals surface area contributed by atoms with Crippen molar-refractivity contribution >= 4 is 33.4 Å². The van der Waals surface area contributed by atoms with Crippen molar-refractivity contribution in [3.8, 4) is 22.9 Å². The molecule has 4 saturated heterocycles. The van der Waals surface area contributed by atoms with E-state index in [1.807, 2.05) is 29.2 Å². The zero-order valence-electron chi connectivity index (χ0n) is 26.6. The smallest absolute Gasteiger partial charge is 0.319 e. The summed E-state index contributed by atoms with van der Waals surface area (Å²) in [6, 6.07) is 19.5. The molecule has 46 heavy (non-hydrogen) atoms. The summed E-state index contributed by atoms with van der Waals surface area (Å²) in [4.78, 5) is 32.4. The average molecular weight is 622 g/mol. The number of hydrogen-bond acceptors (Lipinski definition) is 9. The van der Waals surface area contributed by atoms with Crippen LogP contribution in [-0.4, -0.2) is 120 Å². The third kappa shape index (κ3) is 5.63. The number of carbonyl (C=O) groups excluding carboxylic acids is 1. The largest absolute Gasteiger partial charge is 0.508 e. The fourth-order valence-corrected chi connectivity index (χ4v) is 8.09. The molecule has 4 aliphatic rings. The predicted molar refractivity (Wildman–Crippen MR) is 180 cm³/mol. The zero-order chi connectivity index (χ0) is 31.2. The van der Waals surface area contributed by atoms with Gasteiger partial charge >= 0.3 is 6.01 Å². The van der Waals surface area contributed by atoms with Gasteiger partial charge in [0.1, 0.15) is 18.2 Å². The quantitative estimate of drug-likeness (QED) is 0.320. The first kappa shape index (κ1) is 29.4. The Hall–Kier alpha value is -3.99. The molecular formula is C36H43N7O3. The van der Waals surface area contributed by atoms with Crippen LogP contribution in [-0.2, 0) is 4.79 Å². The molecule has 5 heterocycles. The van der Waals surface area contributed by atoms with Gasteiger partial charge in [0.2, 0.25) is 5.91 Å². The first-order chi connectivity index (χ1) is 22.5. The van der Waals surface area contributed by atoms with E-state index in [0.717, 1.165) is 104 Å². The van der Waals surface area contributed by atoms with Crippen molar-refractivity contribution in [1.29, 1.82) is 0 Å². The number of ether oxygens (including phenoxy) is 1. The van der Waals surface area contributed by atoms with Gasteiger partial charge in [0, 0.05) is 62.8 Å². The summed E-state index contributed by atoms with van der Waals surface area (Å²) in [5.74, 6) is 1.40. The molecule has 1 aromatic heterocycles. The lowest BCUT2D eigenvalue weighted by Crippen LogP contribution is -2.57. The Balaban J connectivity index is 1.13. The van der Waals surface area contributed by atoms with Gasteiger partial charge in [-0.25, -0.2) is 0 Å². The minimum atomic E-state index is 0.237. The van der Waals surface area contributed by atoms with Gasteiger partial charge in [-0.15, -0.1) is 0 Å². The molecule has 2 bridgehead atoms. The second-order valence-electron chi connectivity index (χ2n) is 13.5. The van der Waals surface area contributed by atoms with E-state index < -0.39 is 0 Å². The highest BCUT2D eigenvalue weighted by atomic mass is 16.5. The van der Waals surface area contributed by atoms with Crippen LogP contribution in [0.15, 0.2) is 54.6 Å². The van der Waals surface area contributed by atoms with Gasteiger partial charge in [0.15, 0.2) is 0 Å². The molecule has 8 rings (SSSR count). The van der Waals surface area contributed by atoms with Crippen molar-refractivity contribution in [2.75, 3.05) is 70.9 Å². The SMILES string of the molecule is CN1CCC[C@H]1COc1nc(N2C3CCC2CN(CC(=O)N2CCNCC2)C3)c2ccc(-c3cc(O)cc4ccccc34)cc2n1. The van der Waals surface area contributed by atoms with Crippen molar-refractivity contribution in [2.24, 2.45) is 0 Å². The van der Waals surface area contributed by atoms with Crippen LogP contribution < -0.4 is 15.0 Å². The molecule has 10 nitrogen and oxygen atoms in total. The molecule has 0 radical (unpaired) electrons. The molecule has 1 amide bonds.